The number of rotatable bonds is 4. The first kappa shape index (κ1) is 17.5. The lowest BCUT2D eigenvalue weighted by atomic mass is 10.1. The Bertz CT molecular complexity index is 1050. The SMILES string of the molecule is COc1cc2c(cc1OC)-c1c(c(C(=O)Nc3nc(C)c(C)s3)nn1C)C2. The lowest BCUT2D eigenvalue weighted by molar-refractivity contribution is 0.102. The largest absolute Gasteiger partial charge is 0.493 e. The molecule has 0 spiro atoms. The number of nitrogens with zero attached hydrogens (tertiary/aromatic N) is 3. The van der Waals surface area contributed by atoms with Crippen LogP contribution in [0.25, 0.3) is 11.3 Å². The van der Waals surface area contributed by atoms with E-state index in [0.29, 0.717) is 28.7 Å². The quantitative estimate of drug-likeness (QED) is 0.584. The topological polar surface area (TPSA) is 78.3 Å². The number of carbonyl (C=O) groups excluding carboxylic acids is 1. The average molecular weight is 384 g/mol. The minimum Gasteiger partial charge on any atom is -0.493 e. The maximum absolute atomic E-state index is 12.8. The zero-order valence-corrected chi connectivity index (χ0v) is 16.7. The maximum Gasteiger partial charge on any atom is 0.278 e. The molecule has 2 aromatic heterocycles. The van der Waals surface area contributed by atoms with Crippen molar-refractivity contribution in [1.82, 2.24) is 14.8 Å². The van der Waals surface area contributed by atoms with Gasteiger partial charge in [0.15, 0.2) is 22.3 Å². The summed E-state index contributed by atoms with van der Waals surface area (Å²) >= 11 is 1.46. The van der Waals surface area contributed by atoms with Gasteiger partial charge in [-0.2, -0.15) is 5.10 Å². The number of nitrogens with one attached hydrogen (secondary N) is 1. The van der Waals surface area contributed by atoms with E-state index in [2.05, 4.69) is 15.4 Å². The fourth-order valence-corrected chi connectivity index (χ4v) is 4.23. The Balaban J connectivity index is 1.72. The molecular weight excluding hydrogens is 364 g/mol. The first-order chi connectivity index (χ1) is 12.9. The van der Waals surface area contributed by atoms with E-state index in [1.807, 2.05) is 33.0 Å². The number of anilines is 1. The van der Waals surface area contributed by atoms with Crippen LogP contribution in [-0.4, -0.2) is 34.9 Å². The second-order valence-electron chi connectivity index (χ2n) is 6.46. The molecule has 1 N–H and O–H groups in total. The summed E-state index contributed by atoms with van der Waals surface area (Å²) in [7, 11) is 5.07. The van der Waals surface area contributed by atoms with Crippen molar-refractivity contribution in [2.75, 3.05) is 19.5 Å². The van der Waals surface area contributed by atoms with E-state index in [4.69, 9.17) is 9.47 Å². The highest BCUT2D eigenvalue weighted by atomic mass is 32.1. The molecule has 140 valence electrons. The Morgan fingerprint density at radius 3 is 2.56 bits per heavy atom. The Hall–Kier alpha value is -2.87. The summed E-state index contributed by atoms with van der Waals surface area (Å²) in [6, 6.07) is 3.90. The van der Waals surface area contributed by atoms with Crippen molar-refractivity contribution in [3.05, 3.63) is 39.5 Å². The van der Waals surface area contributed by atoms with Crippen LogP contribution in [0.2, 0.25) is 0 Å². The number of fused-ring (bicyclic) bond motifs is 3. The fourth-order valence-electron chi connectivity index (χ4n) is 3.42. The number of hydrogen-bond acceptors (Lipinski definition) is 6. The van der Waals surface area contributed by atoms with E-state index in [0.717, 1.165) is 33.0 Å². The molecule has 0 aliphatic heterocycles. The summed E-state index contributed by atoms with van der Waals surface area (Å²) in [5.41, 5.74) is 5.29. The highest BCUT2D eigenvalue weighted by molar-refractivity contribution is 7.15. The van der Waals surface area contributed by atoms with Crippen LogP contribution in [0.4, 0.5) is 5.13 Å². The molecule has 0 unspecified atom stereocenters. The van der Waals surface area contributed by atoms with Crippen molar-refractivity contribution in [3.63, 3.8) is 0 Å². The van der Waals surface area contributed by atoms with Crippen LogP contribution in [0.5, 0.6) is 11.5 Å². The highest BCUT2D eigenvalue weighted by Crippen LogP contribution is 2.43. The molecule has 27 heavy (non-hydrogen) atoms. The van der Waals surface area contributed by atoms with Crippen molar-refractivity contribution in [2.45, 2.75) is 20.3 Å². The second kappa shape index (κ2) is 6.38. The molecular formula is C19H20N4O3S. The van der Waals surface area contributed by atoms with Gasteiger partial charge in [-0.3, -0.25) is 14.8 Å². The monoisotopic (exact) mass is 384 g/mol. The summed E-state index contributed by atoms with van der Waals surface area (Å²) in [5, 5.41) is 7.93. The van der Waals surface area contributed by atoms with E-state index < -0.39 is 0 Å². The predicted molar refractivity (Wildman–Crippen MR) is 104 cm³/mol. The van der Waals surface area contributed by atoms with E-state index in [1.54, 1.807) is 18.9 Å². The van der Waals surface area contributed by atoms with Crippen molar-refractivity contribution in [2.24, 2.45) is 7.05 Å². The van der Waals surface area contributed by atoms with Crippen LogP contribution >= 0.6 is 11.3 Å². The zero-order chi connectivity index (χ0) is 19.3. The Kier molecular flexibility index (Phi) is 4.15. The molecule has 2 heterocycles. The molecule has 0 fully saturated rings. The fraction of sp³-hybridized carbons (Fsp3) is 0.316. The number of ether oxygens (including phenoxy) is 2. The molecule has 4 rings (SSSR count). The number of hydrogen-bond donors (Lipinski definition) is 1. The molecule has 1 amide bonds. The summed E-state index contributed by atoms with van der Waals surface area (Å²) in [5.74, 6) is 1.09. The first-order valence-corrected chi connectivity index (χ1v) is 9.31. The molecule has 1 aromatic carbocycles. The van der Waals surface area contributed by atoms with Gasteiger partial charge in [0, 0.05) is 29.5 Å². The lowest BCUT2D eigenvalue weighted by Gasteiger charge is -2.11. The number of methoxy groups -OCH3 is 2. The molecule has 0 saturated carbocycles. The summed E-state index contributed by atoms with van der Waals surface area (Å²) < 4.78 is 12.6. The van der Waals surface area contributed by atoms with Crippen LogP contribution in [0.3, 0.4) is 0 Å². The van der Waals surface area contributed by atoms with Gasteiger partial charge in [0.05, 0.1) is 25.6 Å². The van der Waals surface area contributed by atoms with Gasteiger partial charge in [-0.1, -0.05) is 0 Å². The normalized spacial score (nSPS) is 11.9. The Morgan fingerprint density at radius 2 is 1.93 bits per heavy atom. The Labute approximate surface area is 161 Å². The van der Waals surface area contributed by atoms with Crippen LogP contribution in [0.1, 0.15) is 32.2 Å². The molecule has 0 bridgehead atoms. The molecule has 3 aromatic rings. The molecule has 7 nitrogen and oxygen atoms in total. The number of aryl methyl sites for hydroxylation is 3. The lowest BCUT2D eigenvalue weighted by Crippen LogP contribution is -2.14. The predicted octanol–water partition coefficient (Wildman–Crippen LogP) is 3.33. The van der Waals surface area contributed by atoms with Gasteiger partial charge in [0.1, 0.15) is 0 Å². The van der Waals surface area contributed by atoms with Gasteiger partial charge >= 0.3 is 0 Å². The number of thiazole rings is 1. The third-order valence-corrected chi connectivity index (χ3v) is 5.83. The molecule has 1 aliphatic carbocycles. The van der Waals surface area contributed by atoms with Crippen molar-refractivity contribution < 1.29 is 14.3 Å². The third-order valence-electron chi connectivity index (χ3n) is 4.84. The molecule has 8 heteroatoms. The summed E-state index contributed by atoms with van der Waals surface area (Å²) in [4.78, 5) is 18.3. The van der Waals surface area contributed by atoms with Crippen LogP contribution in [-0.2, 0) is 13.5 Å². The minimum absolute atomic E-state index is 0.243. The van der Waals surface area contributed by atoms with Crippen LogP contribution in [0, 0.1) is 13.8 Å². The van der Waals surface area contributed by atoms with Crippen molar-refractivity contribution in [3.8, 4) is 22.8 Å². The van der Waals surface area contributed by atoms with E-state index in [-0.39, 0.29) is 5.91 Å². The Morgan fingerprint density at radius 1 is 1.22 bits per heavy atom. The third kappa shape index (κ3) is 2.76. The van der Waals surface area contributed by atoms with Gasteiger partial charge in [-0.05, 0) is 31.5 Å². The second-order valence-corrected chi connectivity index (χ2v) is 7.66. The van der Waals surface area contributed by atoms with E-state index in [9.17, 15) is 4.79 Å². The zero-order valence-electron chi connectivity index (χ0n) is 15.8. The van der Waals surface area contributed by atoms with Gasteiger partial charge in [0.2, 0.25) is 0 Å². The van der Waals surface area contributed by atoms with Gasteiger partial charge in [-0.25, -0.2) is 4.98 Å². The smallest absolute Gasteiger partial charge is 0.278 e. The highest BCUT2D eigenvalue weighted by Gasteiger charge is 2.31. The summed E-state index contributed by atoms with van der Waals surface area (Å²) in [6.07, 6.45) is 0.623. The van der Waals surface area contributed by atoms with Crippen molar-refractivity contribution in [1.29, 1.82) is 0 Å². The minimum atomic E-state index is -0.243. The number of carbonyl (C=O) groups is 1. The van der Waals surface area contributed by atoms with Crippen LogP contribution in [0.15, 0.2) is 12.1 Å². The van der Waals surface area contributed by atoms with Crippen LogP contribution < -0.4 is 14.8 Å². The van der Waals surface area contributed by atoms with Gasteiger partial charge in [-0.15, -0.1) is 11.3 Å². The molecule has 0 saturated heterocycles. The van der Waals surface area contributed by atoms with Gasteiger partial charge in [0.25, 0.3) is 5.91 Å². The number of amides is 1. The molecule has 1 aliphatic rings. The number of aromatic nitrogens is 3. The molecule has 0 radical (unpaired) electrons. The first-order valence-electron chi connectivity index (χ1n) is 8.49. The van der Waals surface area contributed by atoms with E-state index in [1.165, 1.54) is 11.3 Å². The van der Waals surface area contributed by atoms with Gasteiger partial charge < -0.3 is 9.47 Å². The van der Waals surface area contributed by atoms with E-state index >= 15 is 0 Å². The number of benzene rings is 1. The standard InChI is InChI=1S/C19H20N4O3S/c1-9-10(2)27-19(20-9)21-18(24)16-13-6-11-7-14(25-4)15(26-5)8-12(11)17(13)23(3)22-16/h7-8H,6H2,1-5H3,(H,20,21,24). The maximum atomic E-state index is 12.8. The molecule has 0 atom stereocenters. The summed E-state index contributed by atoms with van der Waals surface area (Å²) in [6.45, 7) is 3.91. The van der Waals surface area contributed by atoms with Crippen molar-refractivity contribution >= 4 is 22.4 Å². The average Bonchev–Trinajstić information content (AvgIpc) is 3.26.